The quantitative estimate of drug-likeness (QED) is 0.399. The summed E-state index contributed by atoms with van der Waals surface area (Å²) in [6.07, 6.45) is 7.43. The van der Waals surface area contributed by atoms with Gasteiger partial charge in [0.15, 0.2) is 5.82 Å². The Morgan fingerprint density at radius 3 is 2.63 bits per heavy atom. The second kappa shape index (κ2) is 7.63. The van der Waals surface area contributed by atoms with Crippen molar-refractivity contribution in [1.29, 1.82) is 0 Å². The molecule has 27 heavy (non-hydrogen) atoms. The maximum absolute atomic E-state index is 11.7. The summed E-state index contributed by atoms with van der Waals surface area (Å²) in [7, 11) is 0. The van der Waals surface area contributed by atoms with Crippen molar-refractivity contribution in [1.82, 2.24) is 9.97 Å². The number of rotatable bonds is 4. The highest BCUT2D eigenvalue weighted by Crippen LogP contribution is 2.42. The van der Waals surface area contributed by atoms with E-state index in [0.29, 0.717) is 12.2 Å². The van der Waals surface area contributed by atoms with Crippen molar-refractivity contribution in [3.8, 4) is 0 Å². The molecule has 0 amide bonds. The standard InChI is InChI=1S/C21H17N3O2S/c1-2-26-21(25)16-8-5-14(6-9-16)3-4-15-7-10-18-17(13-15)24-19-20(27-18)23-12-11-22-19/h3-13H,2H2,1H3,(H,22,24). The molecular weight excluding hydrogens is 358 g/mol. The zero-order valence-electron chi connectivity index (χ0n) is 14.7. The maximum atomic E-state index is 11.7. The molecule has 2 heterocycles. The third-order valence-corrected chi connectivity index (χ3v) is 5.09. The van der Waals surface area contributed by atoms with Crippen LogP contribution in [0.25, 0.3) is 12.2 Å². The molecule has 0 unspecified atom stereocenters. The summed E-state index contributed by atoms with van der Waals surface area (Å²) in [6, 6.07) is 13.6. The average molecular weight is 375 g/mol. The van der Waals surface area contributed by atoms with Gasteiger partial charge in [-0.15, -0.1) is 0 Å². The van der Waals surface area contributed by atoms with Crippen LogP contribution in [-0.2, 0) is 4.74 Å². The van der Waals surface area contributed by atoms with Crippen molar-refractivity contribution in [3.05, 3.63) is 71.5 Å². The summed E-state index contributed by atoms with van der Waals surface area (Å²) in [6.45, 7) is 2.17. The lowest BCUT2D eigenvalue weighted by molar-refractivity contribution is 0.0526. The first-order valence-corrected chi connectivity index (χ1v) is 9.40. The molecule has 2 aromatic carbocycles. The van der Waals surface area contributed by atoms with Gasteiger partial charge in [-0.3, -0.25) is 0 Å². The number of nitrogens with zero attached hydrogens (tertiary/aromatic N) is 2. The van der Waals surface area contributed by atoms with Crippen LogP contribution in [0.5, 0.6) is 0 Å². The molecular formula is C21H17N3O2S. The highest BCUT2D eigenvalue weighted by atomic mass is 32.2. The summed E-state index contributed by atoms with van der Waals surface area (Å²) >= 11 is 1.61. The molecule has 1 aliphatic rings. The van der Waals surface area contributed by atoms with E-state index in [-0.39, 0.29) is 5.97 Å². The summed E-state index contributed by atoms with van der Waals surface area (Å²) in [5.74, 6) is 0.486. The number of anilines is 2. The summed E-state index contributed by atoms with van der Waals surface area (Å²) in [5.41, 5.74) is 3.67. The van der Waals surface area contributed by atoms with Gasteiger partial charge < -0.3 is 10.1 Å². The fourth-order valence-corrected chi connectivity index (χ4v) is 3.57. The van der Waals surface area contributed by atoms with Crippen molar-refractivity contribution in [2.24, 2.45) is 0 Å². The van der Waals surface area contributed by atoms with E-state index in [2.05, 4.69) is 33.5 Å². The van der Waals surface area contributed by atoms with Crippen LogP contribution < -0.4 is 5.32 Å². The van der Waals surface area contributed by atoms with Crippen LogP contribution in [0.15, 0.2) is 64.8 Å². The predicted molar refractivity (Wildman–Crippen MR) is 107 cm³/mol. The second-order valence-corrected chi connectivity index (χ2v) is 6.90. The van der Waals surface area contributed by atoms with Crippen LogP contribution in [0.3, 0.4) is 0 Å². The molecule has 0 atom stereocenters. The smallest absolute Gasteiger partial charge is 0.338 e. The zero-order chi connectivity index (χ0) is 18.6. The van der Waals surface area contributed by atoms with Gasteiger partial charge in [0.2, 0.25) is 0 Å². The van der Waals surface area contributed by atoms with Crippen LogP contribution in [0, 0.1) is 0 Å². The molecule has 1 N–H and O–H groups in total. The molecule has 0 spiro atoms. The molecule has 1 aromatic heterocycles. The minimum absolute atomic E-state index is 0.297. The summed E-state index contributed by atoms with van der Waals surface area (Å²) in [4.78, 5) is 21.5. The first kappa shape index (κ1) is 17.3. The molecule has 1 aliphatic heterocycles. The number of hydrogen-bond acceptors (Lipinski definition) is 6. The normalized spacial score (nSPS) is 12.2. The SMILES string of the molecule is CCOC(=O)c1ccc(C=Cc2ccc3c(c2)Nc2nccnc2S3)cc1. The number of ether oxygens (including phenoxy) is 1. The van der Waals surface area contributed by atoms with E-state index >= 15 is 0 Å². The van der Waals surface area contributed by atoms with Crippen LogP contribution in [0.2, 0.25) is 0 Å². The van der Waals surface area contributed by atoms with E-state index in [1.807, 2.05) is 24.3 Å². The third kappa shape index (κ3) is 3.85. The Bertz CT molecular complexity index is 1020. The first-order valence-electron chi connectivity index (χ1n) is 8.58. The van der Waals surface area contributed by atoms with E-state index in [4.69, 9.17) is 4.74 Å². The first-order chi connectivity index (χ1) is 13.2. The maximum Gasteiger partial charge on any atom is 0.338 e. The van der Waals surface area contributed by atoms with Crippen molar-refractivity contribution in [2.75, 3.05) is 11.9 Å². The minimum atomic E-state index is -0.297. The Hall–Kier alpha value is -3.12. The van der Waals surface area contributed by atoms with E-state index in [1.165, 1.54) is 0 Å². The Morgan fingerprint density at radius 1 is 1.07 bits per heavy atom. The van der Waals surface area contributed by atoms with Gasteiger partial charge in [-0.2, -0.15) is 0 Å². The fraction of sp³-hybridized carbons (Fsp3) is 0.0952. The van der Waals surface area contributed by atoms with Gasteiger partial charge in [-0.25, -0.2) is 14.8 Å². The van der Waals surface area contributed by atoms with Crippen LogP contribution >= 0.6 is 11.8 Å². The minimum Gasteiger partial charge on any atom is -0.462 e. The molecule has 0 aliphatic carbocycles. The van der Waals surface area contributed by atoms with E-state index in [9.17, 15) is 4.79 Å². The molecule has 6 heteroatoms. The van der Waals surface area contributed by atoms with E-state index in [1.54, 1.807) is 43.2 Å². The van der Waals surface area contributed by atoms with Gasteiger partial charge in [-0.05, 0) is 42.3 Å². The number of carbonyl (C=O) groups excluding carboxylic acids is 1. The second-order valence-electron chi connectivity index (χ2n) is 5.87. The van der Waals surface area contributed by atoms with Crippen molar-refractivity contribution >= 4 is 41.4 Å². The number of benzene rings is 2. The highest BCUT2D eigenvalue weighted by Gasteiger charge is 2.17. The van der Waals surface area contributed by atoms with Crippen LogP contribution in [0.1, 0.15) is 28.4 Å². The number of nitrogens with one attached hydrogen (secondary N) is 1. The molecule has 5 nitrogen and oxygen atoms in total. The van der Waals surface area contributed by atoms with E-state index < -0.39 is 0 Å². The summed E-state index contributed by atoms with van der Waals surface area (Å²) in [5, 5.41) is 4.22. The number of esters is 1. The monoisotopic (exact) mass is 375 g/mol. The fourth-order valence-electron chi connectivity index (χ4n) is 2.69. The Kier molecular flexibility index (Phi) is 4.89. The third-order valence-electron chi connectivity index (χ3n) is 4.02. The number of hydrogen-bond donors (Lipinski definition) is 1. The number of aromatic nitrogens is 2. The van der Waals surface area contributed by atoms with Gasteiger partial charge in [-0.1, -0.05) is 42.1 Å². The van der Waals surface area contributed by atoms with Gasteiger partial charge in [0.1, 0.15) is 5.03 Å². The molecule has 0 radical (unpaired) electrons. The van der Waals surface area contributed by atoms with Gasteiger partial charge in [0.25, 0.3) is 0 Å². The van der Waals surface area contributed by atoms with E-state index in [0.717, 1.165) is 32.6 Å². The van der Waals surface area contributed by atoms with Crippen molar-refractivity contribution in [3.63, 3.8) is 0 Å². The van der Waals surface area contributed by atoms with Gasteiger partial charge >= 0.3 is 5.97 Å². The van der Waals surface area contributed by atoms with Crippen LogP contribution in [0.4, 0.5) is 11.5 Å². The van der Waals surface area contributed by atoms with Gasteiger partial charge in [0, 0.05) is 17.3 Å². The lowest BCUT2D eigenvalue weighted by Crippen LogP contribution is -2.04. The molecule has 0 bridgehead atoms. The lowest BCUT2D eigenvalue weighted by atomic mass is 10.1. The molecule has 0 saturated carbocycles. The zero-order valence-corrected chi connectivity index (χ0v) is 15.5. The highest BCUT2D eigenvalue weighted by molar-refractivity contribution is 7.99. The number of fused-ring (bicyclic) bond motifs is 2. The Morgan fingerprint density at radius 2 is 1.81 bits per heavy atom. The Labute approximate surface area is 161 Å². The Balaban J connectivity index is 1.50. The molecule has 4 rings (SSSR count). The molecule has 0 fully saturated rings. The summed E-state index contributed by atoms with van der Waals surface area (Å²) < 4.78 is 5.00. The lowest BCUT2D eigenvalue weighted by Gasteiger charge is -2.18. The van der Waals surface area contributed by atoms with Crippen molar-refractivity contribution < 1.29 is 9.53 Å². The average Bonchev–Trinajstić information content (AvgIpc) is 2.71. The van der Waals surface area contributed by atoms with Crippen molar-refractivity contribution in [2.45, 2.75) is 16.8 Å². The largest absolute Gasteiger partial charge is 0.462 e. The number of carbonyl (C=O) groups is 1. The molecule has 0 saturated heterocycles. The molecule has 134 valence electrons. The van der Waals surface area contributed by atoms with Crippen LogP contribution in [-0.4, -0.2) is 22.5 Å². The predicted octanol–water partition coefficient (Wildman–Crippen LogP) is 5.03. The van der Waals surface area contributed by atoms with Gasteiger partial charge in [0.05, 0.1) is 17.9 Å². The topological polar surface area (TPSA) is 64.1 Å². The molecule has 3 aromatic rings.